The van der Waals surface area contributed by atoms with Crippen molar-refractivity contribution in [3.63, 3.8) is 0 Å². The van der Waals surface area contributed by atoms with Gasteiger partial charge in [-0.2, -0.15) is 13.5 Å². The van der Waals surface area contributed by atoms with Crippen molar-refractivity contribution < 1.29 is 14.1 Å². The Balaban J connectivity index is -0.0000000450. The number of hydrogen-bond acceptors (Lipinski definition) is 1. The molecule has 0 aliphatic heterocycles. The van der Waals surface area contributed by atoms with Crippen molar-refractivity contribution in [1.29, 1.82) is 0 Å². The number of hydrogen-bond donors (Lipinski definition) is 2. The van der Waals surface area contributed by atoms with Gasteiger partial charge >= 0.3 is 38.7 Å². The quantitative estimate of drug-likeness (QED) is 0.373. The molecule has 6 heteroatoms. The summed E-state index contributed by atoms with van der Waals surface area (Å²) in [5.74, 6) is 0. The fourth-order valence-corrected chi connectivity index (χ4v) is 0. The molecule has 0 aromatic heterocycles. The van der Waals surface area contributed by atoms with Crippen LogP contribution in [0.3, 0.4) is 0 Å². The number of rotatable bonds is 0. The van der Waals surface area contributed by atoms with Crippen molar-refractivity contribution in [2.24, 2.45) is 0 Å². The topological polar surface area (TPSA) is 57.5 Å². The molecule has 0 aliphatic rings. The molecule has 2 N–H and O–H groups in total. The normalized spacial score (nSPS) is 4.00. The monoisotopic (exact) mass is 136 g/mol. The summed E-state index contributed by atoms with van der Waals surface area (Å²) >= 11 is 0. The van der Waals surface area contributed by atoms with Gasteiger partial charge in [-0.25, -0.2) is 0 Å². The Morgan fingerprint density at radius 1 is 1.33 bits per heavy atom. The van der Waals surface area contributed by atoms with Gasteiger partial charge in [0.1, 0.15) is 0 Å². The molecule has 6 heavy (non-hydrogen) atoms. The molecule has 0 bridgehead atoms. The summed E-state index contributed by atoms with van der Waals surface area (Å²) in [6.07, 6.45) is 0. The van der Waals surface area contributed by atoms with Gasteiger partial charge in [0.15, 0.2) is 0 Å². The summed E-state index contributed by atoms with van der Waals surface area (Å²) in [4.78, 5) is 14.3. The Hall–Kier alpha value is 0.967. The predicted octanol–water partition coefficient (Wildman–Crippen LogP) is -2.15. The summed E-state index contributed by atoms with van der Waals surface area (Å²) in [5, 5.41) is 0. The summed E-state index contributed by atoms with van der Waals surface area (Å²) < 4.78 is 8.74. The Labute approximate surface area is 66.0 Å². The average Bonchev–Trinajstić information content (AvgIpc) is 0.811. The molecule has 0 radical (unpaired) electrons. The summed E-state index contributed by atoms with van der Waals surface area (Å²) in [5.41, 5.74) is 0. The van der Waals surface area contributed by atoms with Crippen LogP contribution in [0.25, 0.3) is 0 Å². The van der Waals surface area contributed by atoms with Gasteiger partial charge in [0.05, 0.1) is 0 Å². The molecule has 0 unspecified atom stereocenters. The molecule has 0 aromatic carbocycles. The molecule has 0 atom stereocenters. The minimum absolute atomic E-state index is 0. The Kier molecular flexibility index (Phi) is 24.6. The van der Waals surface area contributed by atoms with E-state index in [4.69, 9.17) is 14.1 Å². The van der Waals surface area contributed by atoms with Gasteiger partial charge < -0.3 is 9.59 Å². The molecule has 3 nitrogen and oxygen atoms in total. The predicted molar refractivity (Wildman–Crippen MR) is 28.4 cm³/mol. The van der Waals surface area contributed by atoms with Crippen molar-refractivity contribution in [1.82, 2.24) is 0 Å². The zero-order chi connectivity index (χ0) is 3.58. The second-order valence-corrected chi connectivity index (χ2v) is 0.848. The first-order valence-corrected chi connectivity index (χ1v) is 1.95. The maximum atomic E-state index is 8.74. The van der Waals surface area contributed by atoms with Crippen LogP contribution in [0, 0.1) is 0 Å². The van der Waals surface area contributed by atoms with E-state index in [1.165, 1.54) is 0 Å². The minimum atomic E-state index is -3.13. The van der Waals surface area contributed by atoms with Crippen LogP contribution in [0.5, 0.6) is 0 Å². The molecule has 0 aliphatic carbocycles. The molecular formula is H5NaO3SSi. The van der Waals surface area contributed by atoms with Crippen LogP contribution >= 0.6 is 13.5 Å². The van der Waals surface area contributed by atoms with Crippen molar-refractivity contribution in [3.8, 4) is 0 Å². The zero-order valence-electron chi connectivity index (χ0n) is 2.30. The van der Waals surface area contributed by atoms with E-state index in [-0.39, 0.29) is 43.1 Å². The van der Waals surface area contributed by atoms with Gasteiger partial charge in [0, 0.05) is 0 Å². The van der Waals surface area contributed by atoms with Gasteiger partial charge in [0.2, 0.25) is 0 Å². The first kappa shape index (κ1) is 15.8. The summed E-state index contributed by atoms with van der Waals surface area (Å²) in [6.45, 7) is 0. The van der Waals surface area contributed by atoms with Gasteiger partial charge in [-0.3, -0.25) is 4.46 Å². The van der Waals surface area contributed by atoms with E-state index in [1.54, 1.807) is 0 Å². The van der Waals surface area contributed by atoms with Crippen LogP contribution in [0.4, 0.5) is 0 Å². The average molecular weight is 136 g/mol. The Bertz CT molecular complexity index is 33.8. The van der Waals surface area contributed by atoms with Crippen LogP contribution in [-0.4, -0.2) is 48.3 Å². The zero-order valence-corrected chi connectivity index (χ0v) is 4.30. The van der Waals surface area contributed by atoms with E-state index in [9.17, 15) is 0 Å². The van der Waals surface area contributed by atoms with Crippen LogP contribution < -0.4 is 0 Å². The SMILES string of the molecule is O=[Si](O)O.S.[NaH]. The molecule has 0 spiro atoms. The molecule has 0 saturated carbocycles. The molecule has 0 fully saturated rings. The molecule has 0 heterocycles. The summed E-state index contributed by atoms with van der Waals surface area (Å²) in [6, 6.07) is 0. The molecular weight excluding hydrogens is 131 g/mol. The third kappa shape index (κ3) is 83.6. The van der Waals surface area contributed by atoms with Gasteiger partial charge in [-0.15, -0.1) is 0 Å². The molecule has 0 aromatic rings. The Morgan fingerprint density at radius 2 is 1.33 bits per heavy atom. The van der Waals surface area contributed by atoms with Gasteiger partial charge in [0.25, 0.3) is 0 Å². The van der Waals surface area contributed by atoms with Crippen LogP contribution in [0.1, 0.15) is 0 Å². The third-order valence-corrected chi connectivity index (χ3v) is 0. The van der Waals surface area contributed by atoms with Gasteiger partial charge in [-0.05, 0) is 0 Å². The van der Waals surface area contributed by atoms with Crippen LogP contribution in [0.15, 0.2) is 0 Å². The fraction of sp³-hybridized carbons (Fsp3) is 0. The van der Waals surface area contributed by atoms with Gasteiger partial charge in [-0.1, -0.05) is 0 Å². The van der Waals surface area contributed by atoms with E-state index in [0.29, 0.717) is 0 Å². The standard InChI is InChI=1S/Na.H2O3Si.H2S.H/c;1-4(2)3;;/h;1-2H;1H2;. The van der Waals surface area contributed by atoms with Crippen molar-refractivity contribution in [2.75, 3.05) is 0 Å². The second-order valence-electron chi connectivity index (χ2n) is 0.283. The first-order valence-electron chi connectivity index (χ1n) is 0.651. The summed E-state index contributed by atoms with van der Waals surface area (Å²) in [7, 11) is -3.13. The van der Waals surface area contributed by atoms with Crippen LogP contribution in [0.2, 0.25) is 0 Å². The van der Waals surface area contributed by atoms with E-state index in [0.717, 1.165) is 0 Å². The maximum absolute atomic E-state index is 8.74. The fourth-order valence-electron chi connectivity index (χ4n) is 0. The van der Waals surface area contributed by atoms with E-state index in [1.807, 2.05) is 0 Å². The van der Waals surface area contributed by atoms with E-state index < -0.39 is 9.17 Å². The van der Waals surface area contributed by atoms with E-state index in [2.05, 4.69) is 0 Å². The van der Waals surface area contributed by atoms with Crippen molar-refractivity contribution in [2.45, 2.75) is 0 Å². The third-order valence-electron chi connectivity index (χ3n) is 0. The van der Waals surface area contributed by atoms with E-state index >= 15 is 0 Å². The molecule has 34 valence electrons. The second kappa shape index (κ2) is 9.35. The van der Waals surface area contributed by atoms with Crippen LogP contribution in [-0.2, 0) is 4.46 Å². The van der Waals surface area contributed by atoms with Crippen molar-refractivity contribution >= 4 is 52.2 Å². The Morgan fingerprint density at radius 3 is 1.33 bits per heavy atom. The molecule has 0 rings (SSSR count). The first-order chi connectivity index (χ1) is 1.73. The molecule has 0 amide bonds. The van der Waals surface area contributed by atoms with Crippen molar-refractivity contribution in [3.05, 3.63) is 0 Å². The molecule has 0 saturated heterocycles.